The largest absolute Gasteiger partial charge is 0.308 e. The van der Waals surface area contributed by atoms with Crippen LogP contribution in [0.25, 0.3) is 0 Å². The van der Waals surface area contributed by atoms with Crippen molar-refractivity contribution in [3.8, 4) is 0 Å². The monoisotopic (exact) mass is 212 g/mol. The lowest BCUT2D eigenvalue weighted by molar-refractivity contribution is 0.580. The molecule has 0 saturated heterocycles. The summed E-state index contributed by atoms with van der Waals surface area (Å²) in [5.74, 6) is 6.12. The van der Waals surface area contributed by atoms with Gasteiger partial charge in [0.1, 0.15) is 0 Å². The summed E-state index contributed by atoms with van der Waals surface area (Å²) < 4.78 is 0. The second-order valence-corrected chi connectivity index (χ2v) is 5.25. The maximum Gasteiger partial charge on any atom is 0.154 e. The maximum atomic E-state index is 5.42. The quantitative estimate of drug-likeness (QED) is 0.320. The van der Waals surface area contributed by atoms with Gasteiger partial charge in [0.25, 0.3) is 0 Å². The van der Waals surface area contributed by atoms with Gasteiger partial charge in [-0.2, -0.15) is 0 Å². The Kier molecular flexibility index (Phi) is 3.23. The molecule has 0 aromatic carbocycles. The minimum absolute atomic E-state index is 0.139. The lowest BCUT2D eigenvalue weighted by Gasteiger charge is -2.14. The molecule has 0 radical (unpaired) electrons. The molecule has 5 heteroatoms. The Labute approximate surface area is 88.2 Å². The molecule has 1 aromatic rings. The number of aryl methyl sites for hydroxylation is 1. The normalized spacial score (nSPS) is 13.1. The first kappa shape index (κ1) is 11.1. The van der Waals surface area contributed by atoms with Gasteiger partial charge in [-0.25, -0.2) is 10.8 Å². The predicted molar refractivity (Wildman–Crippen MR) is 60.5 cm³/mol. The van der Waals surface area contributed by atoms with Crippen LogP contribution < -0.4 is 11.3 Å². The number of aliphatic imine (C=N–C) groups is 1. The van der Waals surface area contributed by atoms with Crippen LogP contribution in [0.4, 0.5) is 0 Å². The first-order chi connectivity index (χ1) is 6.42. The van der Waals surface area contributed by atoms with Gasteiger partial charge in [-0.15, -0.1) is 11.3 Å². The van der Waals surface area contributed by atoms with E-state index in [-0.39, 0.29) is 5.54 Å². The molecular formula is C9H16N4S. The highest BCUT2D eigenvalue weighted by molar-refractivity contribution is 7.13. The van der Waals surface area contributed by atoms with Gasteiger partial charge in [0, 0.05) is 6.20 Å². The molecule has 4 nitrogen and oxygen atoms in total. The molecule has 0 aliphatic heterocycles. The summed E-state index contributed by atoms with van der Waals surface area (Å²) in [5.41, 5.74) is 2.47. The Hall–Kier alpha value is -0.940. The fourth-order valence-electron chi connectivity index (χ4n) is 0.965. The van der Waals surface area contributed by atoms with Crippen LogP contribution in [-0.4, -0.2) is 16.4 Å². The number of hydrogen-bond acceptors (Lipinski definition) is 4. The zero-order valence-electron chi connectivity index (χ0n) is 8.96. The highest BCUT2D eigenvalue weighted by atomic mass is 32.1. The van der Waals surface area contributed by atoms with Crippen LogP contribution in [-0.2, 0) is 0 Å². The van der Waals surface area contributed by atoms with Gasteiger partial charge < -0.3 is 5.43 Å². The number of hydrazine groups is 1. The average Bonchev–Trinajstić information content (AvgIpc) is 2.46. The van der Waals surface area contributed by atoms with E-state index in [4.69, 9.17) is 5.84 Å². The summed E-state index contributed by atoms with van der Waals surface area (Å²) in [7, 11) is 0. The van der Waals surface area contributed by atoms with Crippen LogP contribution in [0.15, 0.2) is 11.2 Å². The molecule has 0 aliphatic carbocycles. The van der Waals surface area contributed by atoms with Gasteiger partial charge in [0.15, 0.2) is 5.84 Å². The third-order valence-electron chi connectivity index (χ3n) is 1.44. The molecule has 0 fully saturated rings. The van der Waals surface area contributed by atoms with Gasteiger partial charge >= 0.3 is 0 Å². The summed E-state index contributed by atoms with van der Waals surface area (Å²) in [6.45, 7) is 8.04. The van der Waals surface area contributed by atoms with E-state index in [1.807, 2.05) is 27.7 Å². The SMILES string of the molecule is Cc1ncc(C(=NC(C)(C)C)NN)s1. The highest BCUT2D eigenvalue weighted by Gasteiger charge is 2.12. The maximum absolute atomic E-state index is 5.42. The third kappa shape index (κ3) is 3.08. The zero-order chi connectivity index (χ0) is 10.8. The minimum atomic E-state index is -0.139. The molecule has 0 saturated carbocycles. The van der Waals surface area contributed by atoms with Crippen molar-refractivity contribution >= 4 is 17.2 Å². The molecule has 0 aliphatic rings. The molecule has 78 valence electrons. The Morgan fingerprint density at radius 3 is 2.57 bits per heavy atom. The van der Waals surface area contributed by atoms with Gasteiger partial charge in [0.2, 0.25) is 0 Å². The topological polar surface area (TPSA) is 63.3 Å². The standard InChI is InChI=1S/C9H16N4S/c1-6-11-5-7(14-6)8(13-10)12-9(2,3)4/h5H,10H2,1-4H3,(H,12,13). The van der Waals surface area contributed by atoms with Gasteiger partial charge in [-0.05, 0) is 27.7 Å². The molecule has 0 spiro atoms. The van der Waals surface area contributed by atoms with Crippen LogP contribution in [0.3, 0.4) is 0 Å². The predicted octanol–water partition coefficient (Wildman–Crippen LogP) is 1.46. The number of nitrogens with two attached hydrogens (primary N) is 1. The molecule has 1 rings (SSSR count). The number of thiazole rings is 1. The first-order valence-corrected chi connectivity index (χ1v) is 5.23. The van der Waals surface area contributed by atoms with Gasteiger partial charge in [0.05, 0.1) is 15.4 Å². The fraction of sp³-hybridized carbons (Fsp3) is 0.556. The van der Waals surface area contributed by atoms with Crippen molar-refractivity contribution in [2.45, 2.75) is 33.2 Å². The summed E-state index contributed by atoms with van der Waals surface area (Å²) in [6.07, 6.45) is 1.78. The molecule has 0 amide bonds. The van der Waals surface area contributed by atoms with E-state index in [0.717, 1.165) is 9.88 Å². The molecule has 14 heavy (non-hydrogen) atoms. The van der Waals surface area contributed by atoms with E-state index < -0.39 is 0 Å². The van der Waals surface area contributed by atoms with Crippen LogP contribution >= 0.6 is 11.3 Å². The second-order valence-electron chi connectivity index (χ2n) is 4.02. The lowest BCUT2D eigenvalue weighted by Crippen LogP contribution is -2.33. The van der Waals surface area contributed by atoms with Crippen LogP contribution in [0, 0.1) is 6.92 Å². The van der Waals surface area contributed by atoms with Crippen molar-refractivity contribution in [3.63, 3.8) is 0 Å². The molecule has 1 aromatic heterocycles. The number of nitrogens with zero attached hydrogens (tertiary/aromatic N) is 2. The third-order valence-corrected chi connectivity index (χ3v) is 2.36. The first-order valence-electron chi connectivity index (χ1n) is 4.41. The lowest BCUT2D eigenvalue weighted by atomic mass is 10.1. The van der Waals surface area contributed by atoms with E-state index >= 15 is 0 Å². The van der Waals surface area contributed by atoms with Crippen molar-refractivity contribution in [3.05, 3.63) is 16.1 Å². The van der Waals surface area contributed by atoms with Gasteiger partial charge in [-0.3, -0.25) is 4.99 Å². The number of rotatable bonds is 1. The molecular weight excluding hydrogens is 196 g/mol. The molecule has 0 atom stereocenters. The number of hydrogen-bond donors (Lipinski definition) is 2. The second kappa shape index (κ2) is 4.06. The van der Waals surface area contributed by atoms with E-state index in [2.05, 4.69) is 15.4 Å². The van der Waals surface area contributed by atoms with Crippen LogP contribution in [0.2, 0.25) is 0 Å². The van der Waals surface area contributed by atoms with E-state index in [1.165, 1.54) is 0 Å². The van der Waals surface area contributed by atoms with Crippen molar-refractivity contribution < 1.29 is 0 Å². The summed E-state index contributed by atoms with van der Waals surface area (Å²) >= 11 is 1.58. The fourth-order valence-corrected chi connectivity index (χ4v) is 1.70. The van der Waals surface area contributed by atoms with Crippen molar-refractivity contribution in [1.29, 1.82) is 0 Å². The highest BCUT2D eigenvalue weighted by Crippen LogP contribution is 2.14. The van der Waals surface area contributed by atoms with Crippen molar-refractivity contribution in [2.75, 3.05) is 0 Å². The Morgan fingerprint density at radius 2 is 2.21 bits per heavy atom. The van der Waals surface area contributed by atoms with E-state index in [9.17, 15) is 0 Å². The summed E-state index contributed by atoms with van der Waals surface area (Å²) in [6, 6.07) is 0. The van der Waals surface area contributed by atoms with Crippen molar-refractivity contribution in [2.24, 2.45) is 10.8 Å². The number of nitrogens with one attached hydrogen (secondary N) is 1. The molecule has 0 unspecified atom stereocenters. The summed E-state index contributed by atoms with van der Waals surface area (Å²) in [4.78, 5) is 9.59. The molecule has 1 heterocycles. The van der Waals surface area contributed by atoms with Crippen LogP contribution in [0.5, 0.6) is 0 Å². The Balaban J connectivity index is 2.99. The molecule has 0 bridgehead atoms. The Bertz CT molecular complexity index is 335. The molecule has 3 N–H and O–H groups in total. The van der Waals surface area contributed by atoms with E-state index in [0.29, 0.717) is 5.84 Å². The number of amidine groups is 1. The van der Waals surface area contributed by atoms with Crippen LogP contribution in [0.1, 0.15) is 30.7 Å². The summed E-state index contributed by atoms with van der Waals surface area (Å²) in [5, 5.41) is 1.01. The van der Waals surface area contributed by atoms with Gasteiger partial charge in [-0.1, -0.05) is 0 Å². The average molecular weight is 212 g/mol. The van der Waals surface area contributed by atoms with Crippen molar-refractivity contribution in [1.82, 2.24) is 10.4 Å². The smallest absolute Gasteiger partial charge is 0.154 e. The zero-order valence-corrected chi connectivity index (χ0v) is 9.77. The minimum Gasteiger partial charge on any atom is -0.308 e. The van der Waals surface area contributed by atoms with E-state index in [1.54, 1.807) is 17.5 Å². The Morgan fingerprint density at radius 1 is 1.57 bits per heavy atom. The number of aromatic nitrogens is 1.